The van der Waals surface area contributed by atoms with Gasteiger partial charge in [-0.15, -0.1) is 0 Å². The standard InChI is InChI=1S/C17H23F2NO/c1-2-9-20-15-11-16(17(15)7-3-4-8-17)21-14-6-5-12(18)10-13(14)19/h5-6,10,15-16,20H,2-4,7-9,11H2,1H3. The normalized spacial score (nSPS) is 26.8. The van der Waals surface area contributed by atoms with Crippen molar-refractivity contribution in [1.29, 1.82) is 0 Å². The predicted molar refractivity (Wildman–Crippen MR) is 78.4 cm³/mol. The molecule has 2 fully saturated rings. The average molecular weight is 295 g/mol. The largest absolute Gasteiger partial charge is 0.487 e. The number of ether oxygens (including phenoxy) is 1. The van der Waals surface area contributed by atoms with Crippen LogP contribution in [0.15, 0.2) is 18.2 Å². The lowest BCUT2D eigenvalue weighted by Gasteiger charge is -2.54. The Kier molecular flexibility index (Phi) is 4.16. The van der Waals surface area contributed by atoms with Crippen molar-refractivity contribution in [2.45, 2.75) is 57.6 Å². The smallest absolute Gasteiger partial charge is 0.167 e. The molecule has 1 aromatic carbocycles. The number of nitrogens with one attached hydrogen (secondary N) is 1. The molecule has 0 heterocycles. The minimum atomic E-state index is -0.604. The number of hydrogen-bond acceptors (Lipinski definition) is 2. The van der Waals surface area contributed by atoms with Crippen molar-refractivity contribution in [3.8, 4) is 5.75 Å². The van der Waals surface area contributed by atoms with Crippen molar-refractivity contribution in [3.05, 3.63) is 29.8 Å². The molecular formula is C17H23F2NO. The molecule has 4 heteroatoms. The summed E-state index contributed by atoms with van der Waals surface area (Å²) in [5.74, 6) is -0.985. The van der Waals surface area contributed by atoms with Gasteiger partial charge in [0.15, 0.2) is 11.6 Å². The van der Waals surface area contributed by atoms with E-state index in [1.165, 1.54) is 25.0 Å². The van der Waals surface area contributed by atoms with Crippen LogP contribution in [0.3, 0.4) is 0 Å². The maximum Gasteiger partial charge on any atom is 0.167 e. The highest BCUT2D eigenvalue weighted by Gasteiger charge is 2.57. The number of hydrogen-bond donors (Lipinski definition) is 1. The molecule has 2 atom stereocenters. The van der Waals surface area contributed by atoms with Crippen molar-refractivity contribution >= 4 is 0 Å². The number of benzene rings is 1. The van der Waals surface area contributed by atoms with Gasteiger partial charge in [-0.05, 0) is 37.9 Å². The van der Waals surface area contributed by atoms with Crippen LogP contribution in [-0.2, 0) is 0 Å². The van der Waals surface area contributed by atoms with Crippen molar-refractivity contribution in [1.82, 2.24) is 5.32 Å². The van der Waals surface area contributed by atoms with E-state index in [0.717, 1.165) is 38.3 Å². The summed E-state index contributed by atoms with van der Waals surface area (Å²) in [5, 5.41) is 3.61. The Bertz CT molecular complexity index is 500. The van der Waals surface area contributed by atoms with Crippen LogP contribution in [-0.4, -0.2) is 18.7 Å². The third-order valence-corrected chi connectivity index (χ3v) is 5.12. The molecule has 1 spiro atoms. The quantitative estimate of drug-likeness (QED) is 0.885. The van der Waals surface area contributed by atoms with Gasteiger partial charge in [-0.1, -0.05) is 19.8 Å². The fourth-order valence-electron chi connectivity index (χ4n) is 3.95. The highest BCUT2D eigenvalue weighted by Crippen LogP contribution is 2.54. The van der Waals surface area contributed by atoms with Gasteiger partial charge in [0.1, 0.15) is 11.9 Å². The van der Waals surface area contributed by atoms with E-state index in [9.17, 15) is 8.78 Å². The van der Waals surface area contributed by atoms with E-state index in [4.69, 9.17) is 4.74 Å². The number of rotatable bonds is 5. The van der Waals surface area contributed by atoms with E-state index in [2.05, 4.69) is 12.2 Å². The highest BCUT2D eigenvalue weighted by molar-refractivity contribution is 5.26. The van der Waals surface area contributed by atoms with Crippen LogP contribution in [0.4, 0.5) is 8.78 Å². The Hall–Kier alpha value is -1.16. The van der Waals surface area contributed by atoms with E-state index >= 15 is 0 Å². The molecule has 116 valence electrons. The second-order valence-corrected chi connectivity index (χ2v) is 6.36. The van der Waals surface area contributed by atoms with Gasteiger partial charge >= 0.3 is 0 Å². The van der Waals surface area contributed by atoms with E-state index in [1.807, 2.05) is 0 Å². The van der Waals surface area contributed by atoms with Gasteiger partial charge in [0.05, 0.1) is 0 Å². The fraction of sp³-hybridized carbons (Fsp3) is 0.647. The Balaban J connectivity index is 1.71. The lowest BCUT2D eigenvalue weighted by atomic mass is 9.60. The average Bonchev–Trinajstić information content (AvgIpc) is 2.96. The van der Waals surface area contributed by atoms with E-state index in [-0.39, 0.29) is 17.3 Å². The molecule has 1 aromatic rings. The first-order valence-corrected chi connectivity index (χ1v) is 8.01. The molecule has 21 heavy (non-hydrogen) atoms. The molecule has 2 aliphatic rings. The Morgan fingerprint density at radius 3 is 2.71 bits per heavy atom. The van der Waals surface area contributed by atoms with Crippen LogP contribution >= 0.6 is 0 Å². The van der Waals surface area contributed by atoms with Gasteiger partial charge < -0.3 is 10.1 Å². The van der Waals surface area contributed by atoms with Gasteiger partial charge in [-0.25, -0.2) is 8.78 Å². The molecule has 1 N–H and O–H groups in total. The highest BCUT2D eigenvalue weighted by atomic mass is 19.1. The minimum Gasteiger partial charge on any atom is -0.487 e. The molecule has 2 aliphatic carbocycles. The van der Waals surface area contributed by atoms with E-state index in [1.54, 1.807) is 0 Å². The van der Waals surface area contributed by atoms with Crippen LogP contribution < -0.4 is 10.1 Å². The Morgan fingerprint density at radius 2 is 2.05 bits per heavy atom. The summed E-state index contributed by atoms with van der Waals surface area (Å²) >= 11 is 0. The summed E-state index contributed by atoms with van der Waals surface area (Å²) in [5.41, 5.74) is 0.149. The van der Waals surface area contributed by atoms with Crippen LogP contribution in [0.25, 0.3) is 0 Å². The molecule has 0 aromatic heterocycles. The maximum atomic E-state index is 13.8. The second-order valence-electron chi connectivity index (χ2n) is 6.36. The zero-order chi connectivity index (χ0) is 14.9. The molecule has 0 radical (unpaired) electrons. The van der Waals surface area contributed by atoms with Crippen molar-refractivity contribution in [2.75, 3.05) is 6.54 Å². The third-order valence-electron chi connectivity index (χ3n) is 5.12. The van der Waals surface area contributed by atoms with Gasteiger partial charge in [0.25, 0.3) is 0 Å². The summed E-state index contributed by atoms with van der Waals surface area (Å²) in [7, 11) is 0. The first-order chi connectivity index (χ1) is 10.2. The van der Waals surface area contributed by atoms with E-state index in [0.29, 0.717) is 6.04 Å². The van der Waals surface area contributed by atoms with Gasteiger partial charge in [0, 0.05) is 23.9 Å². The molecule has 2 unspecified atom stereocenters. The first kappa shape index (κ1) is 14.8. The summed E-state index contributed by atoms with van der Waals surface area (Å²) < 4.78 is 32.6. The van der Waals surface area contributed by atoms with Crippen molar-refractivity contribution < 1.29 is 13.5 Å². The molecule has 2 nitrogen and oxygen atoms in total. The van der Waals surface area contributed by atoms with E-state index < -0.39 is 11.6 Å². The molecule has 0 aliphatic heterocycles. The Labute approximate surface area is 124 Å². The Morgan fingerprint density at radius 1 is 1.29 bits per heavy atom. The molecule has 0 amide bonds. The molecule has 0 bridgehead atoms. The van der Waals surface area contributed by atoms with Crippen LogP contribution in [0.5, 0.6) is 5.75 Å². The third kappa shape index (κ3) is 2.66. The fourth-order valence-corrected chi connectivity index (χ4v) is 3.95. The van der Waals surface area contributed by atoms with Gasteiger partial charge in [0.2, 0.25) is 0 Å². The molecule has 0 saturated heterocycles. The zero-order valence-electron chi connectivity index (χ0n) is 12.5. The zero-order valence-corrected chi connectivity index (χ0v) is 12.5. The van der Waals surface area contributed by atoms with Crippen molar-refractivity contribution in [2.24, 2.45) is 5.41 Å². The summed E-state index contributed by atoms with van der Waals surface area (Å²) in [4.78, 5) is 0. The van der Waals surface area contributed by atoms with Crippen molar-refractivity contribution in [3.63, 3.8) is 0 Å². The monoisotopic (exact) mass is 295 g/mol. The van der Waals surface area contributed by atoms with Crippen LogP contribution in [0.1, 0.15) is 45.4 Å². The van der Waals surface area contributed by atoms with Crippen LogP contribution in [0.2, 0.25) is 0 Å². The first-order valence-electron chi connectivity index (χ1n) is 8.01. The lowest BCUT2D eigenvalue weighted by molar-refractivity contribution is -0.0774. The summed E-state index contributed by atoms with van der Waals surface area (Å²) in [6.45, 7) is 3.18. The topological polar surface area (TPSA) is 21.3 Å². The summed E-state index contributed by atoms with van der Waals surface area (Å²) in [6, 6.07) is 4.03. The molecule has 2 saturated carbocycles. The molecule has 3 rings (SSSR count). The van der Waals surface area contributed by atoms with Gasteiger partial charge in [-0.3, -0.25) is 0 Å². The molecular weight excluding hydrogens is 272 g/mol. The minimum absolute atomic E-state index is 0.0503. The van der Waals surface area contributed by atoms with Crippen LogP contribution in [0, 0.1) is 17.0 Å². The number of halogens is 2. The van der Waals surface area contributed by atoms with Gasteiger partial charge in [-0.2, -0.15) is 0 Å². The SMILES string of the molecule is CCCNC1CC(Oc2ccc(F)cc2F)C12CCCC2. The maximum absolute atomic E-state index is 13.8. The second kappa shape index (κ2) is 5.91. The predicted octanol–water partition coefficient (Wildman–Crippen LogP) is 4.04. The lowest BCUT2D eigenvalue weighted by Crippen LogP contribution is -2.63. The summed E-state index contributed by atoms with van der Waals surface area (Å²) in [6.07, 6.45) is 6.80.